The van der Waals surface area contributed by atoms with E-state index in [9.17, 15) is 4.79 Å². The van der Waals surface area contributed by atoms with Crippen LogP contribution in [0.3, 0.4) is 0 Å². The molecule has 0 fully saturated rings. The molecule has 1 rings (SSSR count). The first-order valence-corrected chi connectivity index (χ1v) is 4.02. The van der Waals surface area contributed by atoms with E-state index in [4.69, 9.17) is 23.8 Å². The van der Waals surface area contributed by atoms with Gasteiger partial charge in [-0.25, -0.2) is 9.78 Å². The van der Waals surface area contributed by atoms with Crippen molar-refractivity contribution < 1.29 is 19.7 Å². The standard InChI is InChI=1S/C8H9BN2O4/c1-3-2-4(10)5(9)6(11-3)15-8(14)7(12)13/h2,8,14H,1H3,(H2,10,11)(H,12,13). The topological polar surface area (TPSA) is 106 Å². The molecule has 0 aliphatic carbocycles. The Morgan fingerprint density at radius 3 is 2.87 bits per heavy atom. The Balaban J connectivity index is 2.99. The van der Waals surface area contributed by atoms with Crippen LogP contribution in [0.1, 0.15) is 5.69 Å². The lowest BCUT2D eigenvalue weighted by molar-refractivity contribution is -0.162. The van der Waals surface area contributed by atoms with E-state index >= 15 is 0 Å². The second-order valence-electron chi connectivity index (χ2n) is 2.88. The molecule has 0 bridgehead atoms. The number of carboxylic acid groups (broad SMARTS) is 1. The number of nitrogens with zero attached hydrogens (tertiary/aromatic N) is 1. The number of ether oxygens (including phenoxy) is 1. The van der Waals surface area contributed by atoms with E-state index in [2.05, 4.69) is 9.72 Å². The van der Waals surface area contributed by atoms with Gasteiger partial charge in [-0.3, -0.25) is 0 Å². The third-order valence-corrected chi connectivity index (χ3v) is 1.62. The maximum atomic E-state index is 10.3. The average molecular weight is 208 g/mol. The smallest absolute Gasteiger partial charge is 0.373 e. The molecule has 15 heavy (non-hydrogen) atoms. The number of aryl methyl sites for hydroxylation is 1. The van der Waals surface area contributed by atoms with Crippen LogP contribution in [0.15, 0.2) is 6.07 Å². The lowest BCUT2D eigenvalue weighted by atomic mass is 9.95. The van der Waals surface area contributed by atoms with Crippen LogP contribution in [-0.4, -0.2) is 35.3 Å². The Kier molecular flexibility index (Phi) is 3.16. The first kappa shape index (κ1) is 11.3. The van der Waals surface area contributed by atoms with Crippen molar-refractivity contribution in [1.29, 1.82) is 0 Å². The Morgan fingerprint density at radius 1 is 1.73 bits per heavy atom. The minimum atomic E-state index is -2.01. The summed E-state index contributed by atoms with van der Waals surface area (Å²) in [5.74, 6) is -1.72. The summed E-state index contributed by atoms with van der Waals surface area (Å²) in [5.41, 5.74) is 6.23. The van der Waals surface area contributed by atoms with Crippen molar-refractivity contribution in [2.45, 2.75) is 13.2 Å². The first-order valence-electron chi connectivity index (χ1n) is 4.02. The van der Waals surface area contributed by atoms with Crippen LogP contribution in [0.5, 0.6) is 5.88 Å². The lowest BCUT2D eigenvalue weighted by Gasteiger charge is -2.12. The van der Waals surface area contributed by atoms with Crippen LogP contribution in [0, 0.1) is 6.92 Å². The number of hydrogen-bond donors (Lipinski definition) is 3. The van der Waals surface area contributed by atoms with Gasteiger partial charge in [-0.15, -0.1) is 0 Å². The molecule has 1 aromatic rings. The molecule has 0 aliphatic heterocycles. The van der Waals surface area contributed by atoms with E-state index in [1.165, 1.54) is 6.07 Å². The van der Waals surface area contributed by atoms with Crippen LogP contribution < -0.4 is 15.9 Å². The van der Waals surface area contributed by atoms with Crippen LogP contribution in [0.2, 0.25) is 0 Å². The number of hydrogen-bond acceptors (Lipinski definition) is 5. The first-order chi connectivity index (χ1) is 6.91. The van der Waals surface area contributed by atoms with Crippen LogP contribution >= 0.6 is 0 Å². The summed E-state index contributed by atoms with van der Waals surface area (Å²) < 4.78 is 4.61. The molecule has 0 aromatic carbocycles. The number of carbonyl (C=O) groups is 1. The highest BCUT2D eigenvalue weighted by Crippen LogP contribution is 2.10. The molecule has 7 heteroatoms. The summed E-state index contributed by atoms with van der Waals surface area (Å²) in [6.45, 7) is 1.63. The zero-order valence-corrected chi connectivity index (χ0v) is 7.97. The Bertz CT molecular complexity index is 396. The zero-order chi connectivity index (χ0) is 11.6. The SMILES string of the molecule is [B]c1c(N)cc(C)nc1OC(O)C(=O)O. The Hall–Kier alpha value is -1.76. The Labute approximate surface area is 87.1 Å². The van der Waals surface area contributed by atoms with Gasteiger partial charge in [0.1, 0.15) is 7.85 Å². The maximum Gasteiger partial charge on any atom is 0.373 e. The van der Waals surface area contributed by atoms with Gasteiger partial charge in [0.15, 0.2) is 0 Å². The van der Waals surface area contributed by atoms with Gasteiger partial charge in [-0.2, -0.15) is 0 Å². The highest BCUT2D eigenvalue weighted by Gasteiger charge is 2.17. The van der Waals surface area contributed by atoms with Crippen LogP contribution in [0.4, 0.5) is 5.69 Å². The number of rotatable bonds is 3. The normalized spacial score (nSPS) is 12.1. The van der Waals surface area contributed by atoms with E-state index in [0.717, 1.165) is 0 Å². The average Bonchev–Trinajstić information content (AvgIpc) is 2.13. The number of aromatic nitrogens is 1. The molecule has 1 aromatic heterocycles. The largest absolute Gasteiger partial charge is 0.477 e. The quantitative estimate of drug-likeness (QED) is 0.414. The molecule has 0 amide bonds. The van der Waals surface area contributed by atoms with Crippen molar-refractivity contribution >= 4 is 25.0 Å². The number of aliphatic hydroxyl groups is 1. The van der Waals surface area contributed by atoms with E-state index < -0.39 is 12.3 Å². The molecule has 0 saturated heterocycles. The third-order valence-electron chi connectivity index (χ3n) is 1.62. The van der Waals surface area contributed by atoms with Gasteiger partial charge in [-0.1, -0.05) is 0 Å². The predicted octanol–water partition coefficient (Wildman–Crippen LogP) is -1.45. The minimum absolute atomic E-state index is 0.000833. The van der Waals surface area contributed by atoms with Crippen molar-refractivity contribution in [2.75, 3.05) is 5.73 Å². The van der Waals surface area contributed by atoms with E-state index in [1.54, 1.807) is 6.92 Å². The summed E-state index contributed by atoms with van der Waals surface area (Å²) in [7, 11) is 5.48. The van der Waals surface area contributed by atoms with Crippen molar-refractivity contribution in [3.63, 3.8) is 0 Å². The van der Waals surface area contributed by atoms with Gasteiger partial charge in [0.05, 0.1) is 0 Å². The van der Waals surface area contributed by atoms with Gasteiger partial charge in [0.25, 0.3) is 6.29 Å². The highest BCUT2D eigenvalue weighted by atomic mass is 16.6. The lowest BCUT2D eigenvalue weighted by Crippen LogP contribution is -2.29. The monoisotopic (exact) mass is 208 g/mol. The van der Waals surface area contributed by atoms with Gasteiger partial charge in [0, 0.05) is 11.4 Å². The fourth-order valence-corrected chi connectivity index (χ4v) is 0.925. The van der Waals surface area contributed by atoms with Crippen molar-refractivity contribution in [3.8, 4) is 5.88 Å². The van der Waals surface area contributed by atoms with Gasteiger partial charge < -0.3 is 20.7 Å². The molecular formula is C8H9BN2O4. The predicted molar refractivity (Wildman–Crippen MR) is 53.0 cm³/mol. The minimum Gasteiger partial charge on any atom is -0.477 e. The summed E-state index contributed by atoms with van der Waals surface area (Å²) >= 11 is 0. The fraction of sp³-hybridized carbons (Fsp3) is 0.250. The zero-order valence-electron chi connectivity index (χ0n) is 7.97. The fourth-order valence-electron chi connectivity index (χ4n) is 0.925. The number of anilines is 1. The molecule has 78 valence electrons. The van der Waals surface area contributed by atoms with E-state index in [0.29, 0.717) is 5.69 Å². The highest BCUT2D eigenvalue weighted by molar-refractivity contribution is 6.37. The number of carboxylic acids is 1. The van der Waals surface area contributed by atoms with Crippen LogP contribution in [-0.2, 0) is 4.79 Å². The van der Waals surface area contributed by atoms with E-state index in [1.807, 2.05) is 0 Å². The number of aliphatic hydroxyl groups excluding tert-OH is 1. The molecular weight excluding hydrogens is 199 g/mol. The molecule has 6 nitrogen and oxygen atoms in total. The molecule has 1 heterocycles. The summed E-state index contributed by atoms with van der Waals surface area (Å²) in [4.78, 5) is 14.1. The summed E-state index contributed by atoms with van der Waals surface area (Å²) in [6.07, 6.45) is -2.01. The number of aliphatic carboxylic acids is 1. The van der Waals surface area contributed by atoms with Crippen LogP contribution in [0.25, 0.3) is 0 Å². The molecule has 2 radical (unpaired) electrons. The molecule has 1 unspecified atom stereocenters. The number of nitrogens with two attached hydrogens (primary N) is 1. The Morgan fingerprint density at radius 2 is 2.33 bits per heavy atom. The number of nitrogen functional groups attached to an aromatic ring is 1. The van der Waals surface area contributed by atoms with E-state index in [-0.39, 0.29) is 17.0 Å². The van der Waals surface area contributed by atoms with Gasteiger partial charge >= 0.3 is 5.97 Å². The molecule has 0 aliphatic rings. The second-order valence-corrected chi connectivity index (χ2v) is 2.88. The molecule has 4 N–H and O–H groups in total. The van der Waals surface area contributed by atoms with Crippen molar-refractivity contribution in [1.82, 2.24) is 4.98 Å². The van der Waals surface area contributed by atoms with Crippen molar-refractivity contribution in [3.05, 3.63) is 11.8 Å². The molecule has 1 atom stereocenters. The maximum absolute atomic E-state index is 10.3. The summed E-state index contributed by atoms with van der Waals surface area (Å²) in [5, 5.41) is 17.3. The second kappa shape index (κ2) is 4.18. The molecule has 0 saturated carbocycles. The summed E-state index contributed by atoms with van der Waals surface area (Å²) in [6, 6.07) is 1.51. The van der Waals surface area contributed by atoms with Gasteiger partial charge in [-0.05, 0) is 18.5 Å². The van der Waals surface area contributed by atoms with Gasteiger partial charge in [0.2, 0.25) is 5.88 Å². The number of pyridine rings is 1. The third kappa shape index (κ3) is 2.60. The van der Waals surface area contributed by atoms with Crippen molar-refractivity contribution in [2.24, 2.45) is 0 Å². The molecule has 0 spiro atoms.